The minimum atomic E-state index is 0.890. The molecule has 260 valence electrons. The van der Waals surface area contributed by atoms with E-state index in [1.807, 2.05) is 12.1 Å². The van der Waals surface area contributed by atoms with Crippen LogP contribution < -0.4 is 4.90 Å². The fraction of sp³-hybridized carbons (Fsp3) is 0.0588. The van der Waals surface area contributed by atoms with Crippen LogP contribution in [0, 0.1) is 13.8 Å². The van der Waals surface area contributed by atoms with Crippen molar-refractivity contribution in [2.75, 3.05) is 4.90 Å². The number of hydrogen-bond acceptors (Lipinski definition) is 2. The highest BCUT2D eigenvalue weighted by Crippen LogP contribution is 2.38. The molecule has 0 spiro atoms. The summed E-state index contributed by atoms with van der Waals surface area (Å²) < 4.78 is 8.60. The maximum absolute atomic E-state index is 6.24. The third-order valence-electron chi connectivity index (χ3n) is 10.5. The number of benzene rings is 6. The first kappa shape index (κ1) is 33.0. The molecule has 0 aliphatic heterocycles. The van der Waals surface area contributed by atoms with Crippen molar-refractivity contribution in [3.8, 4) is 16.8 Å². The lowest BCUT2D eigenvalue weighted by atomic mass is 10.0. The van der Waals surface area contributed by atoms with Crippen LogP contribution in [0.3, 0.4) is 0 Å². The Labute approximate surface area is 316 Å². The third kappa shape index (κ3) is 6.20. The molecule has 8 aromatic rings. The fourth-order valence-corrected chi connectivity index (χ4v) is 7.69. The summed E-state index contributed by atoms with van der Waals surface area (Å²) in [5, 5.41) is 2.36. The van der Waals surface area contributed by atoms with Crippen LogP contribution in [-0.4, -0.2) is 4.57 Å². The van der Waals surface area contributed by atoms with Crippen molar-refractivity contribution in [1.82, 2.24) is 4.57 Å². The molecular weight excluding hydrogens is 657 g/mol. The van der Waals surface area contributed by atoms with Crippen molar-refractivity contribution >= 4 is 56.7 Å². The van der Waals surface area contributed by atoms with Gasteiger partial charge in [-0.05, 0) is 115 Å². The van der Waals surface area contributed by atoms with Crippen molar-refractivity contribution < 1.29 is 4.42 Å². The van der Waals surface area contributed by atoms with Gasteiger partial charge in [0.15, 0.2) is 0 Å². The predicted octanol–water partition coefficient (Wildman–Crippen LogP) is 14.2. The predicted molar refractivity (Wildman–Crippen MR) is 229 cm³/mol. The van der Waals surface area contributed by atoms with Crippen molar-refractivity contribution in [2.45, 2.75) is 20.3 Å². The van der Waals surface area contributed by atoms with Gasteiger partial charge in [-0.3, -0.25) is 0 Å². The van der Waals surface area contributed by atoms with Crippen LogP contribution in [0.5, 0.6) is 0 Å². The van der Waals surface area contributed by atoms with Gasteiger partial charge in [-0.15, -0.1) is 0 Å². The van der Waals surface area contributed by atoms with Crippen LogP contribution >= 0.6 is 0 Å². The summed E-state index contributed by atoms with van der Waals surface area (Å²) in [6, 6.07) is 54.2. The Balaban J connectivity index is 1.09. The first-order valence-electron chi connectivity index (χ1n) is 18.6. The number of para-hydroxylation sites is 2. The fourth-order valence-electron chi connectivity index (χ4n) is 7.69. The molecule has 0 atom stereocenters. The van der Waals surface area contributed by atoms with Crippen LogP contribution in [0.25, 0.3) is 56.4 Å². The summed E-state index contributed by atoms with van der Waals surface area (Å²) in [6.07, 6.45) is 16.0. The van der Waals surface area contributed by atoms with Crippen LogP contribution in [0.2, 0.25) is 0 Å². The summed E-state index contributed by atoms with van der Waals surface area (Å²) in [6.45, 7) is 4.33. The second-order valence-corrected chi connectivity index (χ2v) is 13.8. The normalized spacial score (nSPS) is 12.8. The lowest BCUT2D eigenvalue weighted by molar-refractivity contribution is 0.601. The van der Waals surface area contributed by atoms with E-state index in [2.05, 4.69) is 205 Å². The van der Waals surface area contributed by atoms with Gasteiger partial charge in [-0.25, -0.2) is 0 Å². The topological polar surface area (TPSA) is 21.3 Å². The zero-order chi connectivity index (χ0) is 36.4. The van der Waals surface area contributed by atoms with Crippen LogP contribution in [0.15, 0.2) is 186 Å². The SMILES string of the molecule is Cc1c(/C=C\c2c(C)n(-c3ccc(N(c4ccc(C5=CC=CC=CC5)cc4)c4ccc(-c5ccccc5)cc4)cc3)c3ccccc23)oc2ccccc12. The molecule has 0 N–H and O–H groups in total. The van der Waals surface area contributed by atoms with Gasteiger partial charge in [0.25, 0.3) is 0 Å². The number of rotatable bonds is 8. The van der Waals surface area contributed by atoms with Gasteiger partial charge in [0.1, 0.15) is 11.3 Å². The van der Waals surface area contributed by atoms with Crippen LogP contribution in [0.1, 0.15) is 34.6 Å². The van der Waals surface area contributed by atoms with Gasteiger partial charge in [0.05, 0.1) is 5.52 Å². The van der Waals surface area contributed by atoms with Gasteiger partial charge >= 0.3 is 0 Å². The molecule has 54 heavy (non-hydrogen) atoms. The van der Waals surface area contributed by atoms with Gasteiger partial charge in [0, 0.05) is 50.3 Å². The average molecular weight is 697 g/mol. The third-order valence-corrected chi connectivity index (χ3v) is 10.5. The molecule has 0 fully saturated rings. The Morgan fingerprint density at radius 1 is 0.556 bits per heavy atom. The molecule has 9 rings (SSSR count). The average Bonchev–Trinajstić information content (AvgIpc) is 3.52. The Bertz CT molecular complexity index is 2720. The van der Waals surface area contributed by atoms with E-state index in [4.69, 9.17) is 4.42 Å². The molecule has 2 aromatic heterocycles. The van der Waals surface area contributed by atoms with E-state index in [0.29, 0.717) is 0 Å². The van der Waals surface area contributed by atoms with E-state index in [-0.39, 0.29) is 0 Å². The summed E-state index contributed by atoms with van der Waals surface area (Å²) >= 11 is 0. The van der Waals surface area contributed by atoms with E-state index >= 15 is 0 Å². The molecule has 0 saturated heterocycles. The zero-order valence-electron chi connectivity index (χ0n) is 30.5. The molecule has 0 unspecified atom stereocenters. The van der Waals surface area contributed by atoms with E-state index in [9.17, 15) is 0 Å². The lowest BCUT2D eigenvalue weighted by Crippen LogP contribution is -2.10. The van der Waals surface area contributed by atoms with E-state index < -0.39 is 0 Å². The smallest absolute Gasteiger partial charge is 0.135 e. The van der Waals surface area contributed by atoms with Gasteiger partial charge in [-0.1, -0.05) is 121 Å². The first-order valence-corrected chi connectivity index (χ1v) is 18.6. The van der Waals surface area contributed by atoms with E-state index in [0.717, 1.165) is 51.5 Å². The molecule has 6 aromatic carbocycles. The molecule has 3 heteroatoms. The standard InChI is InChI=1S/C51H40N2O/c1-36-46-18-11-13-21-51(46)54-50(36)35-34-47-37(2)52(49-20-12-10-19-48(47)49)42-30-32-45(33-31-42)53(44-28-24-41(25-29-44)39-16-8-5-9-17-39)43-26-22-40(23-27-43)38-14-6-3-4-7-15-38/h3-14,16-35H,15H2,1-2H3/b35-34-. The minimum Gasteiger partial charge on any atom is -0.456 e. The molecule has 3 nitrogen and oxygen atoms in total. The highest BCUT2D eigenvalue weighted by molar-refractivity contribution is 5.96. The Hall–Kier alpha value is -6.84. The number of hydrogen-bond donors (Lipinski definition) is 0. The highest BCUT2D eigenvalue weighted by Gasteiger charge is 2.17. The Kier molecular flexibility index (Phi) is 8.74. The number of aryl methyl sites for hydroxylation is 1. The summed E-state index contributed by atoms with van der Waals surface area (Å²) in [7, 11) is 0. The van der Waals surface area contributed by atoms with Crippen LogP contribution in [0.4, 0.5) is 17.1 Å². The zero-order valence-corrected chi connectivity index (χ0v) is 30.5. The highest BCUT2D eigenvalue weighted by atomic mass is 16.3. The molecule has 0 saturated carbocycles. The maximum Gasteiger partial charge on any atom is 0.135 e. The van der Waals surface area contributed by atoms with Gasteiger partial charge < -0.3 is 13.9 Å². The molecule has 0 bridgehead atoms. The Morgan fingerprint density at radius 3 is 1.89 bits per heavy atom. The lowest BCUT2D eigenvalue weighted by Gasteiger charge is -2.26. The number of anilines is 3. The minimum absolute atomic E-state index is 0.890. The number of furan rings is 1. The van der Waals surface area contributed by atoms with Crippen molar-refractivity contribution in [3.63, 3.8) is 0 Å². The first-order chi connectivity index (χ1) is 26.6. The van der Waals surface area contributed by atoms with Gasteiger partial charge in [0.2, 0.25) is 0 Å². The number of allylic oxidation sites excluding steroid dienone is 6. The monoisotopic (exact) mass is 696 g/mol. The molecule has 0 radical (unpaired) electrons. The van der Waals surface area contributed by atoms with Crippen molar-refractivity contribution in [1.29, 1.82) is 0 Å². The molecule has 1 aliphatic rings. The van der Waals surface area contributed by atoms with Crippen molar-refractivity contribution in [2.24, 2.45) is 0 Å². The summed E-state index contributed by atoms with van der Waals surface area (Å²) in [5.74, 6) is 0.890. The second-order valence-electron chi connectivity index (χ2n) is 13.8. The summed E-state index contributed by atoms with van der Waals surface area (Å²) in [5.41, 5.74) is 15.0. The maximum atomic E-state index is 6.24. The molecule has 1 aliphatic carbocycles. The largest absolute Gasteiger partial charge is 0.456 e. The van der Waals surface area contributed by atoms with Crippen molar-refractivity contribution in [3.05, 3.63) is 210 Å². The van der Waals surface area contributed by atoms with Crippen LogP contribution in [-0.2, 0) is 0 Å². The molecule has 0 amide bonds. The van der Waals surface area contributed by atoms with Gasteiger partial charge in [-0.2, -0.15) is 0 Å². The molecule has 2 heterocycles. The molecular formula is C51H40N2O. The quantitative estimate of drug-likeness (QED) is 0.158. The van der Waals surface area contributed by atoms with E-state index in [1.54, 1.807) is 0 Å². The number of aromatic nitrogens is 1. The second kappa shape index (κ2) is 14.3. The summed E-state index contributed by atoms with van der Waals surface area (Å²) in [4.78, 5) is 2.34. The Morgan fingerprint density at radius 2 is 1.17 bits per heavy atom. The van der Waals surface area contributed by atoms with E-state index in [1.165, 1.54) is 44.4 Å². The number of fused-ring (bicyclic) bond motifs is 2. The number of nitrogens with zero attached hydrogens (tertiary/aromatic N) is 2.